The fourth-order valence-electron chi connectivity index (χ4n) is 2.90. The van der Waals surface area contributed by atoms with Gasteiger partial charge in [-0.1, -0.05) is 0 Å². The first-order chi connectivity index (χ1) is 10.6. The van der Waals surface area contributed by atoms with E-state index in [0.717, 1.165) is 24.8 Å². The highest BCUT2D eigenvalue weighted by molar-refractivity contribution is 5.92. The molecule has 0 unspecified atom stereocenters. The van der Waals surface area contributed by atoms with Gasteiger partial charge in [0.25, 0.3) is 11.5 Å². The molecule has 1 fully saturated rings. The third-order valence-corrected chi connectivity index (χ3v) is 4.05. The number of amides is 1. The van der Waals surface area contributed by atoms with Gasteiger partial charge in [-0.3, -0.25) is 14.3 Å². The lowest BCUT2D eigenvalue weighted by molar-refractivity contribution is 0.0602. The summed E-state index contributed by atoms with van der Waals surface area (Å²) in [7, 11) is 3.42. The van der Waals surface area contributed by atoms with E-state index in [9.17, 15) is 9.59 Å². The van der Waals surface area contributed by atoms with Crippen molar-refractivity contribution in [1.29, 1.82) is 0 Å². The highest BCUT2D eigenvalue weighted by Gasteiger charge is 2.30. The van der Waals surface area contributed by atoms with E-state index in [0.29, 0.717) is 12.2 Å². The number of aryl methyl sites for hydroxylation is 2. The number of rotatable bonds is 2. The minimum atomic E-state index is -0.223. The number of carbonyl (C=O) groups is 1. The lowest BCUT2D eigenvalue weighted by atomic mass is 9.97. The van der Waals surface area contributed by atoms with Gasteiger partial charge >= 0.3 is 0 Å². The average molecular weight is 301 g/mol. The van der Waals surface area contributed by atoms with Crippen molar-refractivity contribution in [3.63, 3.8) is 0 Å². The summed E-state index contributed by atoms with van der Waals surface area (Å²) in [6.45, 7) is 0.697. The lowest BCUT2D eigenvalue weighted by Gasteiger charge is -2.35. The smallest absolute Gasteiger partial charge is 0.274 e. The molecule has 7 nitrogen and oxygen atoms in total. The van der Waals surface area contributed by atoms with Gasteiger partial charge in [0.05, 0.1) is 12.2 Å². The zero-order valence-electron chi connectivity index (χ0n) is 12.8. The van der Waals surface area contributed by atoms with Crippen LogP contribution in [0.3, 0.4) is 0 Å². The van der Waals surface area contributed by atoms with Gasteiger partial charge in [-0.2, -0.15) is 10.2 Å². The second-order valence-electron chi connectivity index (χ2n) is 5.64. The van der Waals surface area contributed by atoms with E-state index in [-0.39, 0.29) is 17.5 Å². The van der Waals surface area contributed by atoms with E-state index in [2.05, 4.69) is 10.2 Å². The molecule has 0 bridgehead atoms. The highest BCUT2D eigenvalue weighted by atomic mass is 16.2. The summed E-state index contributed by atoms with van der Waals surface area (Å²) in [6, 6.07) is 2.90. The number of carbonyl (C=O) groups excluding carboxylic acids is 1. The molecule has 0 aliphatic carbocycles. The van der Waals surface area contributed by atoms with Crippen molar-refractivity contribution in [2.24, 2.45) is 14.1 Å². The summed E-state index contributed by atoms with van der Waals surface area (Å²) in [6.07, 6.45) is 6.75. The predicted octanol–water partition coefficient (Wildman–Crippen LogP) is 0.881. The Kier molecular flexibility index (Phi) is 3.79. The lowest BCUT2D eigenvalue weighted by Crippen LogP contribution is -2.39. The molecule has 0 aromatic carbocycles. The Morgan fingerprint density at radius 1 is 1.27 bits per heavy atom. The van der Waals surface area contributed by atoms with Gasteiger partial charge in [-0.05, 0) is 25.3 Å². The zero-order chi connectivity index (χ0) is 15.7. The normalized spacial score (nSPS) is 18.5. The van der Waals surface area contributed by atoms with Crippen LogP contribution in [-0.2, 0) is 14.1 Å². The molecule has 1 amide bonds. The maximum Gasteiger partial charge on any atom is 0.274 e. The van der Waals surface area contributed by atoms with Crippen LogP contribution in [0.1, 0.15) is 41.4 Å². The highest BCUT2D eigenvalue weighted by Crippen LogP contribution is 2.31. The van der Waals surface area contributed by atoms with E-state index < -0.39 is 0 Å². The number of piperidine rings is 1. The number of hydrogen-bond donors (Lipinski definition) is 0. The quantitative estimate of drug-likeness (QED) is 0.825. The molecule has 3 rings (SSSR count). The minimum Gasteiger partial charge on any atom is -0.330 e. The van der Waals surface area contributed by atoms with Gasteiger partial charge < -0.3 is 4.90 Å². The van der Waals surface area contributed by atoms with E-state index >= 15 is 0 Å². The Morgan fingerprint density at radius 3 is 2.77 bits per heavy atom. The van der Waals surface area contributed by atoms with Crippen molar-refractivity contribution in [3.05, 3.63) is 46.1 Å². The molecule has 2 aromatic rings. The fourth-order valence-corrected chi connectivity index (χ4v) is 2.90. The molecule has 2 aromatic heterocycles. The first-order valence-electron chi connectivity index (χ1n) is 7.40. The molecule has 0 saturated carbocycles. The third-order valence-electron chi connectivity index (χ3n) is 4.05. The van der Waals surface area contributed by atoms with Gasteiger partial charge in [0.15, 0.2) is 0 Å². The van der Waals surface area contributed by atoms with Gasteiger partial charge in [0, 0.05) is 38.5 Å². The summed E-state index contributed by atoms with van der Waals surface area (Å²) >= 11 is 0. The number of likely N-dealkylation sites (tertiary alicyclic amines) is 1. The molecule has 1 aliphatic rings. The van der Waals surface area contributed by atoms with E-state index in [1.165, 1.54) is 16.8 Å². The standard InChI is InChI=1S/C15H19N5O2/c1-18-10-11(9-16-18)13-5-3-4-8-20(13)15(22)12-6-7-14(21)19(2)17-12/h6-7,9-10,13H,3-5,8H2,1-2H3/t13-/m1/s1. The van der Waals surface area contributed by atoms with E-state index in [1.54, 1.807) is 11.7 Å². The van der Waals surface area contributed by atoms with Crippen LogP contribution < -0.4 is 5.56 Å². The van der Waals surface area contributed by atoms with Crippen LogP contribution in [0.25, 0.3) is 0 Å². The zero-order valence-corrected chi connectivity index (χ0v) is 12.8. The molecule has 0 radical (unpaired) electrons. The molecular weight excluding hydrogens is 282 g/mol. The van der Waals surface area contributed by atoms with Crippen LogP contribution in [-0.4, -0.2) is 36.9 Å². The Morgan fingerprint density at radius 2 is 2.09 bits per heavy atom. The average Bonchev–Trinajstić information content (AvgIpc) is 2.96. The molecular formula is C15H19N5O2. The predicted molar refractivity (Wildman–Crippen MR) is 80.3 cm³/mol. The summed E-state index contributed by atoms with van der Waals surface area (Å²) in [5.74, 6) is -0.135. The molecule has 0 spiro atoms. The fraction of sp³-hybridized carbons (Fsp3) is 0.467. The van der Waals surface area contributed by atoms with Crippen molar-refractivity contribution >= 4 is 5.91 Å². The first-order valence-corrected chi connectivity index (χ1v) is 7.40. The third kappa shape index (κ3) is 2.66. The van der Waals surface area contributed by atoms with Crippen LogP contribution in [0, 0.1) is 0 Å². The topological polar surface area (TPSA) is 73.0 Å². The number of aromatic nitrogens is 4. The summed E-state index contributed by atoms with van der Waals surface area (Å²) in [5, 5.41) is 8.27. The Labute approximate surface area is 128 Å². The van der Waals surface area contributed by atoms with Gasteiger partial charge in [-0.25, -0.2) is 4.68 Å². The van der Waals surface area contributed by atoms with Crippen molar-refractivity contribution in [2.75, 3.05) is 6.54 Å². The first kappa shape index (κ1) is 14.5. The Hall–Kier alpha value is -2.44. The molecule has 7 heteroatoms. The molecule has 1 atom stereocenters. The maximum absolute atomic E-state index is 12.8. The summed E-state index contributed by atoms with van der Waals surface area (Å²) < 4.78 is 2.94. The molecule has 116 valence electrons. The van der Waals surface area contributed by atoms with Crippen molar-refractivity contribution in [1.82, 2.24) is 24.5 Å². The molecule has 0 N–H and O–H groups in total. The molecule has 3 heterocycles. The SMILES string of the molecule is Cn1cc([C@H]2CCCCN2C(=O)c2ccc(=O)n(C)n2)cn1. The van der Waals surface area contributed by atoms with Crippen LogP contribution in [0.5, 0.6) is 0 Å². The minimum absolute atomic E-state index is 0.0222. The van der Waals surface area contributed by atoms with Crippen LogP contribution in [0.4, 0.5) is 0 Å². The van der Waals surface area contributed by atoms with Crippen LogP contribution in [0.15, 0.2) is 29.3 Å². The van der Waals surface area contributed by atoms with E-state index in [1.807, 2.05) is 24.3 Å². The van der Waals surface area contributed by atoms with Crippen molar-refractivity contribution < 1.29 is 4.79 Å². The number of nitrogens with zero attached hydrogens (tertiary/aromatic N) is 5. The van der Waals surface area contributed by atoms with E-state index in [4.69, 9.17) is 0 Å². The Bertz CT molecular complexity index is 748. The van der Waals surface area contributed by atoms with Gasteiger partial charge in [0.1, 0.15) is 5.69 Å². The second-order valence-corrected chi connectivity index (χ2v) is 5.64. The molecule has 1 aliphatic heterocycles. The largest absolute Gasteiger partial charge is 0.330 e. The van der Waals surface area contributed by atoms with Crippen molar-refractivity contribution in [3.8, 4) is 0 Å². The molecule has 1 saturated heterocycles. The maximum atomic E-state index is 12.8. The van der Waals surface area contributed by atoms with Gasteiger partial charge in [0.2, 0.25) is 0 Å². The Balaban J connectivity index is 1.91. The summed E-state index contributed by atoms with van der Waals surface area (Å²) in [4.78, 5) is 26.0. The molecule has 22 heavy (non-hydrogen) atoms. The van der Waals surface area contributed by atoms with Crippen LogP contribution >= 0.6 is 0 Å². The second kappa shape index (κ2) is 5.75. The number of hydrogen-bond acceptors (Lipinski definition) is 4. The van der Waals surface area contributed by atoms with Crippen molar-refractivity contribution in [2.45, 2.75) is 25.3 Å². The summed E-state index contributed by atoms with van der Waals surface area (Å²) in [5.41, 5.74) is 1.12. The van der Waals surface area contributed by atoms with Gasteiger partial charge in [-0.15, -0.1) is 0 Å². The monoisotopic (exact) mass is 301 g/mol. The van der Waals surface area contributed by atoms with Crippen LogP contribution in [0.2, 0.25) is 0 Å².